The van der Waals surface area contributed by atoms with Crippen molar-refractivity contribution in [3.8, 4) is 0 Å². The Balaban J connectivity index is 2.46. The number of ketones is 1. The van der Waals surface area contributed by atoms with Crippen molar-refractivity contribution < 1.29 is 14.3 Å². The maximum absolute atomic E-state index is 11.6. The molecule has 0 spiro atoms. The number of methoxy groups -OCH3 is 1. The molecule has 0 fully saturated rings. The molecule has 0 aliphatic heterocycles. The lowest BCUT2D eigenvalue weighted by atomic mass is 10.0. The summed E-state index contributed by atoms with van der Waals surface area (Å²) in [6.45, 7) is 1.98. The van der Waals surface area contributed by atoms with Crippen molar-refractivity contribution in [2.75, 3.05) is 7.11 Å². The Hall–Kier alpha value is -1.64. The Labute approximate surface area is 95.4 Å². The molecule has 16 heavy (non-hydrogen) atoms. The highest BCUT2D eigenvalue weighted by molar-refractivity contribution is 5.84. The molecule has 86 valence electrons. The number of aryl methyl sites for hydroxylation is 1. The summed E-state index contributed by atoms with van der Waals surface area (Å²) in [6.07, 6.45) is 0.811. The topological polar surface area (TPSA) is 43.4 Å². The van der Waals surface area contributed by atoms with Crippen LogP contribution in [0.1, 0.15) is 24.0 Å². The van der Waals surface area contributed by atoms with Crippen molar-refractivity contribution in [1.82, 2.24) is 0 Å². The Bertz CT molecular complexity index is 383. The zero-order chi connectivity index (χ0) is 12.0. The van der Waals surface area contributed by atoms with Crippen LogP contribution in [0.15, 0.2) is 24.3 Å². The van der Waals surface area contributed by atoms with Gasteiger partial charge in [-0.3, -0.25) is 9.59 Å². The molecule has 3 nitrogen and oxygen atoms in total. The van der Waals surface area contributed by atoms with Gasteiger partial charge in [-0.2, -0.15) is 0 Å². The van der Waals surface area contributed by atoms with Gasteiger partial charge >= 0.3 is 5.97 Å². The van der Waals surface area contributed by atoms with Crippen molar-refractivity contribution in [3.63, 3.8) is 0 Å². The second kappa shape index (κ2) is 6.05. The van der Waals surface area contributed by atoms with E-state index in [4.69, 9.17) is 0 Å². The van der Waals surface area contributed by atoms with Gasteiger partial charge in [0.25, 0.3) is 0 Å². The number of carbonyl (C=O) groups excluding carboxylic acids is 2. The van der Waals surface area contributed by atoms with Crippen LogP contribution in [-0.4, -0.2) is 18.9 Å². The number of hydrogen-bond acceptors (Lipinski definition) is 3. The lowest BCUT2D eigenvalue weighted by Gasteiger charge is -2.04. The summed E-state index contributed by atoms with van der Waals surface area (Å²) in [7, 11) is 1.33. The van der Waals surface area contributed by atoms with Crippen molar-refractivity contribution in [3.05, 3.63) is 35.4 Å². The van der Waals surface area contributed by atoms with Gasteiger partial charge in [-0.1, -0.05) is 24.3 Å². The Morgan fingerprint density at radius 2 is 1.88 bits per heavy atom. The average Bonchev–Trinajstić information content (AvgIpc) is 2.29. The molecule has 0 radical (unpaired) electrons. The monoisotopic (exact) mass is 220 g/mol. The van der Waals surface area contributed by atoms with Gasteiger partial charge in [0.15, 0.2) is 0 Å². The molecule has 1 aromatic carbocycles. The summed E-state index contributed by atoms with van der Waals surface area (Å²) in [6, 6.07) is 7.77. The Morgan fingerprint density at radius 3 is 2.50 bits per heavy atom. The van der Waals surface area contributed by atoms with E-state index in [1.807, 2.05) is 31.2 Å². The fraction of sp³-hybridized carbons (Fsp3) is 0.385. The number of rotatable bonds is 5. The quantitative estimate of drug-likeness (QED) is 0.713. The molecule has 0 saturated heterocycles. The van der Waals surface area contributed by atoms with Gasteiger partial charge in [-0.25, -0.2) is 0 Å². The van der Waals surface area contributed by atoms with E-state index in [1.54, 1.807) is 0 Å². The standard InChI is InChI=1S/C13H16O3/c1-10-5-3-4-6-11(10)9-12(14)7-8-13(15)16-2/h3-6H,7-9H2,1-2H3. The van der Waals surface area contributed by atoms with Crippen LogP contribution in [0.4, 0.5) is 0 Å². The largest absolute Gasteiger partial charge is 0.469 e. The first-order valence-corrected chi connectivity index (χ1v) is 5.26. The minimum Gasteiger partial charge on any atom is -0.469 e. The summed E-state index contributed by atoms with van der Waals surface area (Å²) in [5, 5.41) is 0. The first-order valence-electron chi connectivity index (χ1n) is 5.26. The molecular weight excluding hydrogens is 204 g/mol. The van der Waals surface area contributed by atoms with Gasteiger partial charge in [-0.05, 0) is 18.1 Å². The molecule has 1 rings (SSSR count). The third-order valence-electron chi connectivity index (χ3n) is 2.48. The second-order valence-corrected chi connectivity index (χ2v) is 3.72. The van der Waals surface area contributed by atoms with E-state index >= 15 is 0 Å². The molecule has 0 aliphatic carbocycles. The lowest BCUT2D eigenvalue weighted by Crippen LogP contribution is -2.08. The van der Waals surface area contributed by atoms with Crippen LogP contribution in [0.25, 0.3) is 0 Å². The van der Waals surface area contributed by atoms with E-state index < -0.39 is 0 Å². The highest BCUT2D eigenvalue weighted by atomic mass is 16.5. The maximum Gasteiger partial charge on any atom is 0.305 e. The number of Topliss-reactive ketones (excluding diaryl/α,β-unsaturated/α-hetero) is 1. The van der Waals surface area contributed by atoms with Gasteiger partial charge in [-0.15, -0.1) is 0 Å². The van der Waals surface area contributed by atoms with E-state index in [1.165, 1.54) is 7.11 Å². The molecular formula is C13H16O3. The first kappa shape index (κ1) is 12.4. The molecule has 0 aromatic heterocycles. The molecule has 0 unspecified atom stereocenters. The third-order valence-corrected chi connectivity index (χ3v) is 2.48. The first-order chi connectivity index (χ1) is 7.63. The van der Waals surface area contributed by atoms with E-state index in [0.29, 0.717) is 6.42 Å². The predicted molar refractivity (Wildman–Crippen MR) is 61.1 cm³/mol. The van der Waals surface area contributed by atoms with Crippen LogP contribution in [0.3, 0.4) is 0 Å². The minimum absolute atomic E-state index is 0.0692. The molecule has 0 N–H and O–H groups in total. The molecule has 0 atom stereocenters. The number of benzene rings is 1. The van der Waals surface area contributed by atoms with Gasteiger partial charge in [0, 0.05) is 12.8 Å². The van der Waals surface area contributed by atoms with Gasteiger partial charge in [0.1, 0.15) is 5.78 Å². The third kappa shape index (κ3) is 3.85. The van der Waals surface area contributed by atoms with Gasteiger partial charge in [0.05, 0.1) is 13.5 Å². The molecule has 3 heteroatoms. The van der Waals surface area contributed by atoms with Gasteiger partial charge < -0.3 is 4.74 Å². The highest BCUT2D eigenvalue weighted by Gasteiger charge is 2.08. The van der Waals surface area contributed by atoms with E-state index in [-0.39, 0.29) is 24.6 Å². The molecule has 0 bridgehead atoms. The SMILES string of the molecule is COC(=O)CCC(=O)Cc1ccccc1C. The van der Waals surface area contributed by atoms with E-state index in [9.17, 15) is 9.59 Å². The molecule has 1 aromatic rings. The Morgan fingerprint density at radius 1 is 1.19 bits per heavy atom. The zero-order valence-corrected chi connectivity index (χ0v) is 9.66. The van der Waals surface area contributed by atoms with Crippen molar-refractivity contribution in [1.29, 1.82) is 0 Å². The van der Waals surface area contributed by atoms with Gasteiger partial charge in [0.2, 0.25) is 0 Å². The smallest absolute Gasteiger partial charge is 0.305 e. The summed E-state index contributed by atoms with van der Waals surface area (Å²) in [4.78, 5) is 22.4. The number of carbonyl (C=O) groups is 2. The summed E-state index contributed by atoms with van der Waals surface area (Å²) in [5.74, 6) is -0.266. The summed E-state index contributed by atoms with van der Waals surface area (Å²) in [5.41, 5.74) is 2.13. The normalized spacial score (nSPS) is 9.88. The van der Waals surface area contributed by atoms with Crippen LogP contribution >= 0.6 is 0 Å². The van der Waals surface area contributed by atoms with Crippen LogP contribution in [-0.2, 0) is 20.7 Å². The lowest BCUT2D eigenvalue weighted by molar-refractivity contribution is -0.141. The number of hydrogen-bond donors (Lipinski definition) is 0. The number of ether oxygens (including phenoxy) is 1. The second-order valence-electron chi connectivity index (χ2n) is 3.72. The van der Waals surface area contributed by atoms with Crippen molar-refractivity contribution in [2.45, 2.75) is 26.2 Å². The molecule has 0 saturated carbocycles. The van der Waals surface area contributed by atoms with Crippen LogP contribution in [0.2, 0.25) is 0 Å². The minimum atomic E-state index is -0.335. The van der Waals surface area contributed by atoms with Crippen LogP contribution in [0.5, 0.6) is 0 Å². The van der Waals surface area contributed by atoms with Crippen molar-refractivity contribution >= 4 is 11.8 Å². The van der Waals surface area contributed by atoms with Crippen LogP contribution < -0.4 is 0 Å². The van der Waals surface area contributed by atoms with E-state index in [0.717, 1.165) is 11.1 Å². The summed E-state index contributed by atoms with van der Waals surface area (Å²) < 4.78 is 4.48. The highest BCUT2D eigenvalue weighted by Crippen LogP contribution is 2.09. The molecule has 0 aliphatic rings. The Kier molecular flexibility index (Phi) is 4.70. The maximum atomic E-state index is 11.6. The van der Waals surface area contributed by atoms with E-state index in [2.05, 4.69) is 4.74 Å². The fourth-order valence-electron chi connectivity index (χ4n) is 1.45. The molecule has 0 amide bonds. The van der Waals surface area contributed by atoms with Crippen LogP contribution in [0, 0.1) is 6.92 Å². The number of esters is 1. The summed E-state index contributed by atoms with van der Waals surface area (Å²) >= 11 is 0. The average molecular weight is 220 g/mol. The van der Waals surface area contributed by atoms with Crippen molar-refractivity contribution in [2.24, 2.45) is 0 Å². The fourth-order valence-corrected chi connectivity index (χ4v) is 1.45. The zero-order valence-electron chi connectivity index (χ0n) is 9.66. The predicted octanol–water partition coefficient (Wildman–Crippen LogP) is 2.06. The molecule has 0 heterocycles.